The van der Waals surface area contributed by atoms with Crippen molar-refractivity contribution in [1.82, 2.24) is 15.0 Å². The summed E-state index contributed by atoms with van der Waals surface area (Å²) in [7, 11) is 0. The Balaban J connectivity index is 1.66. The molecule has 2 heterocycles. The van der Waals surface area contributed by atoms with Crippen LogP contribution in [0.4, 0.5) is 33.7 Å². The summed E-state index contributed by atoms with van der Waals surface area (Å²) in [4.78, 5) is 25.6. The number of carbonyl (C=O) groups excluding carboxylic acids is 2. The van der Waals surface area contributed by atoms with Crippen molar-refractivity contribution in [3.05, 3.63) is 65.7 Å². The molecule has 160 valence electrons. The van der Waals surface area contributed by atoms with Crippen molar-refractivity contribution in [3.63, 3.8) is 0 Å². The largest absolute Gasteiger partial charge is 0.447 e. The molecule has 1 saturated heterocycles. The van der Waals surface area contributed by atoms with E-state index in [9.17, 15) is 27.2 Å². The molecule has 1 N–H and O–H groups in total. The van der Waals surface area contributed by atoms with E-state index in [-0.39, 0.29) is 18.0 Å². The highest BCUT2D eigenvalue weighted by Crippen LogP contribution is 2.33. The lowest BCUT2D eigenvalue weighted by atomic mass is 10.2. The maximum atomic E-state index is 13.7. The molecule has 4 rings (SSSR count). The number of aromatic nitrogens is 3. The van der Waals surface area contributed by atoms with E-state index in [1.54, 1.807) is 6.07 Å². The van der Waals surface area contributed by atoms with Crippen LogP contribution in [0.3, 0.4) is 0 Å². The van der Waals surface area contributed by atoms with Gasteiger partial charge in [-0.2, -0.15) is 13.2 Å². The zero-order valence-electron chi connectivity index (χ0n) is 15.6. The minimum absolute atomic E-state index is 0.135. The van der Waals surface area contributed by atoms with Gasteiger partial charge in [0.25, 0.3) is 5.91 Å². The summed E-state index contributed by atoms with van der Waals surface area (Å²) in [6, 6.07) is 10.3. The maximum Gasteiger partial charge on any atom is 0.435 e. The molecule has 0 spiro atoms. The molecule has 0 saturated carbocycles. The van der Waals surface area contributed by atoms with Crippen LogP contribution in [0.1, 0.15) is 16.2 Å². The Kier molecular flexibility index (Phi) is 5.05. The summed E-state index contributed by atoms with van der Waals surface area (Å²) in [5.74, 6) is -1.94. The molecular weight excluding hydrogens is 422 g/mol. The lowest BCUT2D eigenvalue weighted by molar-refractivity contribution is -0.143. The number of hydrogen-bond donors (Lipinski definition) is 1. The smallest absolute Gasteiger partial charge is 0.435 e. The Bertz CT molecular complexity index is 1160. The second-order valence-electron chi connectivity index (χ2n) is 6.45. The number of ether oxygens (including phenoxy) is 1. The van der Waals surface area contributed by atoms with Crippen LogP contribution in [0.15, 0.2) is 48.5 Å². The molecule has 0 atom stereocenters. The molecule has 31 heavy (non-hydrogen) atoms. The van der Waals surface area contributed by atoms with Crippen molar-refractivity contribution in [1.29, 1.82) is 0 Å². The average Bonchev–Trinajstić information content (AvgIpc) is 3.34. The average molecular weight is 435 g/mol. The van der Waals surface area contributed by atoms with Crippen LogP contribution in [0.5, 0.6) is 0 Å². The summed E-state index contributed by atoms with van der Waals surface area (Å²) in [5.41, 5.74) is -2.14. The number of anilines is 2. The number of carbonyl (C=O) groups is 2. The van der Waals surface area contributed by atoms with Gasteiger partial charge >= 0.3 is 12.3 Å². The summed E-state index contributed by atoms with van der Waals surface area (Å²) < 4.78 is 59.8. The van der Waals surface area contributed by atoms with Gasteiger partial charge in [-0.15, -0.1) is 5.10 Å². The van der Waals surface area contributed by atoms with Gasteiger partial charge in [-0.3, -0.25) is 9.69 Å². The highest BCUT2D eigenvalue weighted by atomic mass is 19.4. The Labute approximate surface area is 172 Å². The fraction of sp³-hybridized carbons (Fsp3) is 0.158. The van der Waals surface area contributed by atoms with Gasteiger partial charge in [0.05, 0.1) is 12.2 Å². The van der Waals surface area contributed by atoms with Gasteiger partial charge in [-0.25, -0.2) is 13.9 Å². The highest BCUT2D eigenvalue weighted by molar-refractivity contribution is 6.04. The molecular formula is C19H13F4N5O3. The van der Waals surface area contributed by atoms with Gasteiger partial charge < -0.3 is 10.1 Å². The van der Waals surface area contributed by atoms with Crippen molar-refractivity contribution < 1.29 is 31.9 Å². The van der Waals surface area contributed by atoms with E-state index in [0.29, 0.717) is 16.9 Å². The fourth-order valence-electron chi connectivity index (χ4n) is 3.05. The number of halogens is 4. The second kappa shape index (κ2) is 7.70. The molecule has 12 heteroatoms. The molecule has 2 aromatic carbocycles. The summed E-state index contributed by atoms with van der Waals surface area (Å²) in [6.07, 6.45) is -5.57. The first-order valence-corrected chi connectivity index (χ1v) is 8.88. The van der Waals surface area contributed by atoms with Gasteiger partial charge in [0.1, 0.15) is 12.4 Å². The zero-order chi connectivity index (χ0) is 22.2. The van der Waals surface area contributed by atoms with E-state index in [4.69, 9.17) is 4.74 Å². The number of cyclic esters (lactones) is 1. The number of nitrogens with one attached hydrogen (secondary N) is 1. The monoisotopic (exact) mass is 435 g/mol. The van der Waals surface area contributed by atoms with E-state index < -0.39 is 35.4 Å². The molecule has 0 radical (unpaired) electrons. The first kappa shape index (κ1) is 20.3. The molecule has 1 fully saturated rings. The van der Waals surface area contributed by atoms with Crippen molar-refractivity contribution in [2.75, 3.05) is 23.4 Å². The Hall–Kier alpha value is -3.96. The number of nitrogens with zero attached hydrogens (tertiary/aromatic N) is 4. The molecule has 8 nitrogen and oxygen atoms in total. The molecule has 0 unspecified atom stereocenters. The second-order valence-corrected chi connectivity index (χ2v) is 6.45. The van der Waals surface area contributed by atoms with Gasteiger partial charge in [-0.1, -0.05) is 17.3 Å². The Morgan fingerprint density at radius 2 is 1.84 bits per heavy atom. The van der Waals surface area contributed by atoms with Crippen LogP contribution in [0.2, 0.25) is 0 Å². The molecule has 1 aliphatic rings. The Morgan fingerprint density at radius 3 is 2.52 bits per heavy atom. The van der Waals surface area contributed by atoms with Crippen LogP contribution in [-0.4, -0.2) is 40.1 Å². The Morgan fingerprint density at radius 1 is 1.10 bits per heavy atom. The van der Waals surface area contributed by atoms with Crippen LogP contribution in [0.25, 0.3) is 5.69 Å². The van der Waals surface area contributed by atoms with E-state index in [0.717, 1.165) is 12.1 Å². The van der Waals surface area contributed by atoms with Crippen molar-refractivity contribution in [3.8, 4) is 5.69 Å². The number of hydrogen-bond acceptors (Lipinski definition) is 5. The summed E-state index contributed by atoms with van der Waals surface area (Å²) in [6.45, 7) is 0.504. The summed E-state index contributed by atoms with van der Waals surface area (Å²) >= 11 is 0. The van der Waals surface area contributed by atoms with Crippen molar-refractivity contribution in [2.24, 2.45) is 0 Å². The first-order chi connectivity index (χ1) is 14.7. The minimum Gasteiger partial charge on any atom is -0.447 e. The van der Waals surface area contributed by atoms with Crippen LogP contribution < -0.4 is 10.2 Å². The topological polar surface area (TPSA) is 89.3 Å². The third-order valence-electron chi connectivity index (χ3n) is 4.38. The fourth-order valence-corrected chi connectivity index (χ4v) is 3.05. The third-order valence-corrected chi connectivity index (χ3v) is 4.38. The van der Waals surface area contributed by atoms with E-state index in [2.05, 4.69) is 15.6 Å². The van der Waals surface area contributed by atoms with E-state index in [1.807, 2.05) is 0 Å². The van der Waals surface area contributed by atoms with Crippen molar-refractivity contribution >= 4 is 23.4 Å². The van der Waals surface area contributed by atoms with Crippen LogP contribution in [0, 0.1) is 5.82 Å². The van der Waals surface area contributed by atoms with Crippen LogP contribution in [-0.2, 0) is 10.9 Å². The quantitative estimate of drug-likeness (QED) is 0.633. The highest BCUT2D eigenvalue weighted by Gasteiger charge is 2.42. The minimum atomic E-state index is -5.00. The maximum absolute atomic E-state index is 13.7. The van der Waals surface area contributed by atoms with Crippen LogP contribution >= 0.6 is 0 Å². The number of alkyl halides is 3. The van der Waals surface area contributed by atoms with Gasteiger partial charge in [0, 0.05) is 11.4 Å². The number of rotatable bonds is 4. The molecule has 0 bridgehead atoms. The molecule has 2 amide bonds. The van der Waals surface area contributed by atoms with Gasteiger partial charge in [-0.05, 0) is 36.4 Å². The molecule has 0 aliphatic carbocycles. The number of amides is 2. The number of benzene rings is 2. The standard InChI is InChI=1S/C19H13F4N5O3/c20-11-3-1-6-14(9-11)28-16(19(21,22)23)15(25-26-28)17(29)24-12-4-2-5-13(10-12)27-7-8-31-18(27)30/h1-6,9-10H,7-8H2,(H,24,29). The lowest BCUT2D eigenvalue weighted by Gasteiger charge is -2.14. The molecule has 3 aromatic rings. The van der Waals surface area contributed by atoms with E-state index in [1.165, 1.54) is 35.2 Å². The molecule has 1 aliphatic heterocycles. The third kappa shape index (κ3) is 4.04. The van der Waals surface area contributed by atoms with Gasteiger partial charge in [0.15, 0.2) is 11.4 Å². The normalized spacial score (nSPS) is 13.9. The predicted molar refractivity (Wildman–Crippen MR) is 99.4 cm³/mol. The van der Waals surface area contributed by atoms with Gasteiger partial charge in [0.2, 0.25) is 0 Å². The zero-order valence-corrected chi connectivity index (χ0v) is 15.6. The summed E-state index contributed by atoms with van der Waals surface area (Å²) in [5, 5.41) is 9.09. The lowest BCUT2D eigenvalue weighted by Crippen LogP contribution is -2.24. The predicted octanol–water partition coefficient (Wildman–Crippen LogP) is 3.63. The van der Waals surface area contributed by atoms with Crippen molar-refractivity contribution in [2.45, 2.75) is 6.18 Å². The van der Waals surface area contributed by atoms with E-state index >= 15 is 0 Å². The SMILES string of the molecule is O=C(Nc1cccc(N2CCOC2=O)c1)c1nnn(-c2cccc(F)c2)c1C(F)(F)F. The first-order valence-electron chi connectivity index (χ1n) is 8.88. The molecule has 1 aromatic heterocycles.